The van der Waals surface area contributed by atoms with Gasteiger partial charge in [0.05, 0.1) is 12.0 Å². The first kappa shape index (κ1) is 14.8. The summed E-state index contributed by atoms with van der Waals surface area (Å²) in [6.07, 6.45) is 3.41. The summed E-state index contributed by atoms with van der Waals surface area (Å²) in [6.45, 7) is 9.10. The molecule has 3 atom stereocenters. The molecule has 0 unspecified atom stereocenters. The van der Waals surface area contributed by atoms with Gasteiger partial charge in [-0.25, -0.2) is 0 Å². The van der Waals surface area contributed by atoms with Crippen molar-refractivity contribution < 1.29 is 9.53 Å². The molecule has 1 heterocycles. The largest absolute Gasteiger partial charge is 0.378 e. The third-order valence-corrected chi connectivity index (χ3v) is 4.96. The summed E-state index contributed by atoms with van der Waals surface area (Å²) in [7, 11) is 1.96. The Morgan fingerprint density at radius 1 is 1.47 bits per heavy atom. The van der Waals surface area contributed by atoms with Crippen LogP contribution in [0.2, 0.25) is 0 Å². The van der Waals surface area contributed by atoms with Crippen molar-refractivity contribution in [2.75, 3.05) is 26.7 Å². The Hall–Kier alpha value is -0.610. The highest BCUT2D eigenvalue weighted by Gasteiger charge is 2.52. The van der Waals surface area contributed by atoms with Gasteiger partial charge in [0.25, 0.3) is 0 Å². The van der Waals surface area contributed by atoms with E-state index in [0.29, 0.717) is 18.1 Å². The van der Waals surface area contributed by atoms with Crippen molar-refractivity contribution in [3.8, 4) is 0 Å². The number of nitrogens with one attached hydrogen (secondary N) is 1. The Morgan fingerprint density at radius 3 is 2.74 bits per heavy atom. The highest BCUT2D eigenvalue weighted by atomic mass is 16.5. The molecule has 2 rings (SSSR count). The maximum atomic E-state index is 12.5. The van der Waals surface area contributed by atoms with Crippen LogP contribution >= 0.6 is 0 Å². The molecule has 0 radical (unpaired) electrons. The number of nitrogens with zero attached hydrogens (tertiary/aromatic N) is 1. The van der Waals surface area contributed by atoms with E-state index >= 15 is 0 Å². The number of hydrogen-bond donors (Lipinski definition) is 1. The zero-order valence-electron chi connectivity index (χ0n) is 12.7. The van der Waals surface area contributed by atoms with Gasteiger partial charge in [-0.1, -0.05) is 13.8 Å². The van der Waals surface area contributed by atoms with Gasteiger partial charge in [-0.2, -0.15) is 0 Å². The second-order valence-corrected chi connectivity index (χ2v) is 6.51. The summed E-state index contributed by atoms with van der Waals surface area (Å²) < 4.78 is 5.75. The van der Waals surface area contributed by atoms with E-state index in [2.05, 4.69) is 19.2 Å². The maximum Gasteiger partial charge on any atom is 0.226 e. The maximum absolute atomic E-state index is 12.5. The van der Waals surface area contributed by atoms with Gasteiger partial charge in [-0.3, -0.25) is 4.79 Å². The predicted molar refractivity (Wildman–Crippen MR) is 76.0 cm³/mol. The lowest BCUT2D eigenvalue weighted by Gasteiger charge is -2.55. The van der Waals surface area contributed by atoms with Crippen LogP contribution in [0.3, 0.4) is 0 Å². The van der Waals surface area contributed by atoms with E-state index in [1.54, 1.807) is 0 Å². The summed E-state index contributed by atoms with van der Waals surface area (Å²) in [6, 6.07) is 0.318. The number of ether oxygens (including phenoxy) is 1. The first-order valence-corrected chi connectivity index (χ1v) is 7.57. The van der Waals surface area contributed by atoms with Crippen molar-refractivity contribution >= 4 is 5.91 Å². The lowest BCUT2D eigenvalue weighted by Crippen LogP contribution is -2.63. The number of rotatable bonds is 4. The quantitative estimate of drug-likeness (QED) is 0.843. The van der Waals surface area contributed by atoms with Crippen molar-refractivity contribution in [2.24, 2.45) is 11.3 Å². The van der Waals surface area contributed by atoms with E-state index in [-0.39, 0.29) is 11.3 Å². The molecule has 0 spiro atoms. The van der Waals surface area contributed by atoms with Crippen LogP contribution in [0, 0.1) is 11.3 Å². The van der Waals surface area contributed by atoms with Crippen molar-refractivity contribution in [3.63, 3.8) is 0 Å². The van der Waals surface area contributed by atoms with Gasteiger partial charge in [0.15, 0.2) is 0 Å². The van der Waals surface area contributed by atoms with Gasteiger partial charge in [-0.05, 0) is 32.7 Å². The topological polar surface area (TPSA) is 41.6 Å². The van der Waals surface area contributed by atoms with Crippen LogP contribution in [0.25, 0.3) is 0 Å². The Bertz CT molecular complexity index is 324. The van der Waals surface area contributed by atoms with Gasteiger partial charge < -0.3 is 15.0 Å². The minimum atomic E-state index is 0.0719. The summed E-state index contributed by atoms with van der Waals surface area (Å²) in [5, 5.41) is 3.32. The summed E-state index contributed by atoms with van der Waals surface area (Å²) >= 11 is 0. The summed E-state index contributed by atoms with van der Waals surface area (Å²) in [5.74, 6) is 0.473. The average Bonchev–Trinajstić information content (AvgIpc) is 2.42. The molecule has 19 heavy (non-hydrogen) atoms. The molecular weight excluding hydrogens is 240 g/mol. The highest BCUT2D eigenvalue weighted by Crippen LogP contribution is 2.45. The molecule has 2 fully saturated rings. The zero-order valence-corrected chi connectivity index (χ0v) is 12.7. The molecule has 0 aromatic carbocycles. The number of carbonyl (C=O) groups is 1. The van der Waals surface area contributed by atoms with Gasteiger partial charge >= 0.3 is 0 Å². The third-order valence-electron chi connectivity index (χ3n) is 4.96. The molecule has 1 saturated heterocycles. The van der Waals surface area contributed by atoms with Gasteiger partial charge in [0.1, 0.15) is 0 Å². The molecule has 1 amide bonds. The van der Waals surface area contributed by atoms with E-state index in [9.17, 15) is 4.79 Å². The minimum absolute atomic E-state index is 0.0719. The van der Waals surface area contributed by atoms with E-state index in [4.69, 9.17) is 4.74 Å². The Morgan fingerprint density at radius 2 is 2.21 bits per heavy atom. The molecule has 4 nitrogen and oxygen atoms in total. The Balaban J connectivity index is 1.93. The second-order valence-electron chi connectivity index (χ2n) is 6.51. The van der Waals surface area contributed by atoms with Crippen LogP contribution in [-0.4, -0.2) is 49.7 Å². The lowest BCUT2D eigenvalue weighted by molar-refractivity contribution is -0.166. The van der Waals surface area contributed by atoms with E-state index in [1.165, 1.54) is 0 Å². The Kier molecular flexibility index (Phi) is 4.51. The SMILES string of the molecule is CCO[C@@H]1C[C@@H](N(C)C(=O)[C@H]2CCCNC2)C1(C)C. The van der Waals surface area contributed by atoms with Gasteiger partial charge in [0.2, 0.25) is 5.91 Å². The van der Waals surface area contributed by atoms with Crippen LogP contribution in [-0.2, 0) is 9.53 Å². The monoisotopic (exact) mass is 268 g/mol. The predicted octanol–water partition coefficient (Wildman–Crippen LogP) is 1.65. The highest BCUT2D eigenvalue weighted by molar-refractivity contribution is 5.79. The molecule has 1 saturated carbocycles. The van der Waals surface area contributed by atoms with Gasteiger partial charge in [0, 0.05) is 31.7 Å². The molecule has 0 aromatic heterocycles. The van der Waals surface area contributed by atoms with Crippen LogP contribution < -0.4 is 5.32 Å². The first-order valence-electron chi connectivity index (χ1n) is 7.57. The van der Waals surface area contributed by atoms with E-state index in [0.717, 1.165) is 39.0 Å². The fourth-order valence-corrected chi connectivity index (χ4v) is 3.51. The molecule has 1 aliphatic carbocycles. The Labute approximate surface area is 116 Å². The third kappa shape index (κ3) is 2.79. The molecule has 110 valence electrons. The molecule has 1 N–H and O–H groups in total. The molecule has 0 aromatic rings. The van der Waals surface area contributed by atoms with Crippen LogP contribution in [0.4, 0.5) is 0 Å². The summed E-state index contributed by atoms with van der Waals surface area (Å²) in [4.78, 5) is 14.5. The average molecular weight is 268 g/mol. The number of hydrogen-bond acceptors (Lipinski definition) is 3. The molecule has 0 bridgehead atoms. The molecule has 1 aliphatic heterocycles. The first-order chi connectivity index (χ1) is 8.98. The number of piperidine rings is 1. The number of carbonyl (C=O) groups excluding carboxylic acids is 1. The van der Waals surface area contributed by atoms with Crippen LogP contribution in [0.1, 0.15) is 40.0 Å². The minimum Gasteiger partial charge on any atom is -0.378 e. The smallest absolute Gasteiger partial charge is 0.226 e. The van der Waals surface area contributed by atoms with E-state index < -0.39 is 0 Å². The normalized spacial score (nSPS) is 33.6. The van der Waals surface area contributed by atoms with Crippen LogP contribution in [0.5, 0.6) is 0 Å². The molecular formula is C15H28N2O2. The van der Waals surface area contributed by atoms with Crippen molar-refractivity contribution in [1.29, 1.82) is 0 Å². The zero-order chi connectivity index (χ0) is 14.0. The van der Waals surface area contributed by atoms with Crippen molar-refractivity contribution in [3.05, 3.63) is 0 Å². The fourth-order valence-electron chi connectivity index (χ4n) is 3.51. The lowest BCUT2D eigenvalue weighted by atomic mass is 9.63. The second kappa shape index (κ2) is 5.80. The van der Waals surface area contributed by atoms with Gasteiger partial charge in [-0.15, -0.1) is 0 Å². The molecule has 2 aliphatic rings. The molecule has 4 heteroatoms. The van der Waals surface area contributed by atoms with Crippen LogP contribution in [0.15, 0.2) is 0 Å². The van der Waals surface area contributed by atoms with E-state index in [1.807, 2.05) is 18.9 Å². The standard InChI is InChI=1S/C15H28N2O2/c1-5-19-13-9-12(15(13,2)3)17(4)14(18)11-7-6-8-16-10-11/h11-13,16H,5-10H2,1-4H3/t11-,12+,13+/m0/s1. The number of amides is 1. The van der Waals surface area contributed by atoms with Crippen molar-refractivity contribution in [2.45, 2.75) is 52.2 Å². The van der Waals surface area contributed by atoms with Crippen molar-refractivity contribution in [1.82, 2.24) is 10.2 Å². The summed E-state index contributed by atoms with van der Waals surface area (Å²) in [5.41, 5.74) is 0.0719. The fraction of sp³-hybridized carbons (Fsp3) is 0.933.